The Morgan fingerprint density at radius 2 is 2.27 bits per heavy atom. The Balaban J connectivity index is 2.49. The lowest BCUT2D eigenvalue weighted by atomic mass is 10.1. The van der Waals surface area contributed by atoms with E-state index >= 15 is 0 Å². The Kier molecular flexibility index (Phi) is 2.15. The van der Waals surface area contributed by atoms with Gasteiger partial charge in [0.2, 0.25) is 0 Å². The van der Waals surface area contributed by atoms with Crippen molar-refractivity contribution in [1.82, 2.24) is 0 Å². The molecule has 1 fully saturated rings. The Morgan fingerprint density at radius 1 is 1.64 bits per heavy atom. The van der Waals surface area contributed by atoms with Crippen molar-refractivity contribution in [2.45, 2.75) is 6.42 Å². The Bertz CT molecular complexity index is 254. The average molecular weight is 180 g/mol. The second-order valence-corrected chi connectivity index (χ2v) is 4.16. The summed E-state index contributed by atoms with van der Waals surface area (Å²) in [5.41, 5.74) is 0. The van der Waals surface area contributed by atoms with E-state index in [0.717, 1.165) is 0 Å². The standard InChI is InChI=1S/C5H8O5S/c6-5(7)1-4-2-10-11(8,9)3-4/h4H,1-3H2,(H,6,7). The van der Waals surface area contributed by atoms with Crippen molar-refractivity contribution in [3.8, 4) is 0 Å². The molecule has 0 aromatic heterocycles. The number of carboxylic acids is 1. The minimum atomic E-state index is -3.40. The second-order valence-electron chi connectivity index (χ2n) is 2.47. The van der Waals surface area contributed by atoms with Crippen LogP contribution in [-0.2, 0) is 19.1 Å². The maximum atomic E-state index is 10.6. The van der Waals surface area contributed by atoms with Crippen LogP contribution >= 0.6 is 0 Å². The highest BCUT2D eigenvalue weighted by Gasteiger charge is 2.30. The van der Waals surface area contributed by atoms with Crippen LogP contribution in [0.15, 0.2) is 0 Å². The van der Waals surface area contributed by atoms with Gasteiger partial charge in [0.1, 0.15) is 0 Å². The van der Waals surface area contributed by atoms with E-state index in [1.807, 2.05) is 0 Å². The van der Waals surface area contributed by atoms with Crippen LogP contribution in [0.5, 0.6) is 0 Å². The van der Waals surface area contributed by atoms with Gasteiger partial charge in [0.25, 0.3) is 10.1 Å². The first-order chi connectivity index (χ1) is 4.99. The molecule has 0 aromatic rings. The van der Waals surface area contributed by atoms with Crippen molar-refractivity contribution in [2.24, 2.45) is 5.92 Å². The summed E-state index contributed by atoms with van der Waals surface area (Å²) in [7, 11) is -3.40. The third kappa shape index (κ3) is 2.47. The molecule has 6 heteroatoms. The molecule has 1 saturated heterocycles. The Labute approximate surface area is 64.1 Å². The molecule has 1 unspecified atom stereocenters. The van der Waals surface area contributed by atoms with Crippen LogP contribution < -0.4 is 0 Å². The van der Waals surface area contributed by atoms with Gasteiger partial charge in [0.05, 0.1) is 18.8 Å². The van der Waals surface area contributed by atoms with Gasteiger partial charge in [-0.1, -0.05) is 0 Å². The molecule has 0 radical (unpaired) electrons. The van der Waals surface area contributed by atoms with Crippen molar-refractivity contribution in [3.63, 3.8) is 0 Å². The van der Waals surface area contributed by atoms with Crippen LogP contribution in [0.4, 0.5) is 0 Å². The van der Waals surface area contributed by atoms with E-state index in [2.05, 4.69) is 4.18 Å². The Morgan fingerprint density at radius 3 is 2.64 bits per heavy atom. The molecular formula is C5H8O5S. The van der Waals surface area contributed by atoms with E-state index in [1.165, 1.54) is 0 Å². The molecule has 0 saturated carbocycles. The van der Waals surface area contributed by atoms with Crippen LogP contribution in [0, 0.1) is 5.92 Å². The largest absolute Gasteiger partial charge is 0.481 e. The topological polar surface area (TPSA) is 80.7 Å². The number of aliphatic carboxylic acids is 1. The molecule has 1 rings (SSSR count). The minimum Gasteiger partial charge on any atom is -0.481 e. The lowest BCUT2D eigenvalue weighted by Crippen LogP contribution is -2.11. The molecule has 1 heterocycles. The molecule has 1 aliphatic rings. The van der Waals surface area contributed by atoms with Gasteiger partial charge in [-0.15, -0.1) is 0 Å². The summed E-state index contributed by atoms with van der Waals surface area (Å²) < 4.78 is 25.6. The third-order valence-corrected chi connectivity index (χ3v) is 2.76. The molecule has 11 heavy (non-hydrogen) atoms. The van der Waals surface area contributed by atoms with Gasteiger partial charge in [-0.25, -0.2) is 0 Å². The number of carbonyl (C=O) groups is 1. The first-order valence-electron chi connectivity index (χ1n) is 3.08. The highest BCUT2D eigenvalue weighted by Crippen LogP contribution is 2.17. The maximum Gasteiger partial charge on any atom is 0.303 e. The molecule has 1 atom stereocenters. The quantitative estimate of drug-likeness (QED) is 0.576. The predicted molar refractivity (Wildman–Crippen MR) is 35.5 cm³/mol. The zero-order valence-corrected chi connectivity index (χ0v) is 6.50. The van der Waals surface area contributed by atoms with Crippen molar-refractivity contribution >= 4 is 16.1 Å². The molecule has 0 bridgehead atoms. The zero-order valence-electron chi connectivity index (χ0n) is 5.69. The lowest BCUT2D eigenvalue weighted by Gasteiger charge is -1.97. The first kappa shape index (κ1) is 8.48. The molecule has 0 spiro atoms. The molecule has 1 N–H and O–H groups in total. The highest BCUT2D eigenvalue weighted by atomic mass is 32.2. The van der Waals surface area contributed by atoms with E-state index < -0.39 is 16.1 Å². The van der Waals surface area contributed by atoms with Crippen LogP contribution in [0.2, 0.25) is 0 Å². The fraction of sp³-hybridized carbons (Fsp3) is 0.800. The summed E-state index contributed by atoms with van der Waals surface area (Å²) in [6, 6.07) is 0. The highest BCUT2D eigenvalue weighted by molar-refractivity contribution is 7.86. The molecule has 0 aliphatic carbocycles. The molecule has 5 nitrogen and oxygen atoms in total. The van der Waals surface area contributed by atoms with Crippen molar-refractivity contribution < 1.29 is 22.5 Å². The lowest BCUT2D eigenvalue weighted by molar-refractivity contribution is -0.138. The minimum absolute atomic E-state index is 0.00856. The molecule has 64 valence electrons. The maximum absolute atomic E-state index is 10.6. The van der Waals surface area contributed by atoms with E-state index in [9.17, 15) is 13.2 Å². The summed E-state index contributed by atoms with van der Waals surface area (Å²) in [4.78, 5) is 10.1. The summed E-state index contributed by atoms with van der Waals surface area (Å²) in [6.45, 7) is 0.00856. The number of hydrogen-bond acceptors (Lipinski definition) is 4. The Hall–Kier alpha value is -0.620. The average Bonchev–Trinajstić information content (AvgIpc) is 2.08. The van der Waals surface area contributed by atoms with Gasteiger partial charge in [0.15, 0.2) is 0 Å². The second kappa shape index (κ2) is 2.78. The van der Waals surface area contributed by atoms with Crippen LogP contribution in [0.1, 0.15) is 6.42 Å². The van der Waals surface area contributed by atoms with Gasteiger partial charge in [-0.05, 0) is 0 Å². The van der Waals surface area contributed by atoms with Crippen LogP contribution in [-0.4, -0.2) is 31.9 Å². The summed E-state index contributed by atoms with van der Waals surface area (Å²) in [6.07, 6.45) is -0.140. The van der Waals surface area contributed by atoms with E-state index in [1.54, 1.807) is 0 Å². The smallest absolute Gasteiger partial charge is 0.303 e. The summed E-state index contributed by atoms with van der Waals surface area (Å²) in [5, 5.41) is 8.29. The van der Waals surface area contributed by atoms with E-state index in [0.29, 0.717) is 0 Å². The van der Waals surface area contributed by atoms with Crippen molar-refractivity contribution in [3.05, 3.63) is 0 Å². The van der Waals surface area contributed by atoms with E-state index in [4.69, 9.17) is 5.11 Å². The van der Waals surface area contributed by atoms with Gasteiger partial charge in [-0.3, -0.25) is 8.98 Å². The monoisotopic (exact) mass is 180 g/mol. The van der Waals surface area contributed by atoms with Crippen molar-refractivity contribution in [1.29, 1.82) is 0 Å². The number of carboxylic acid groups (broad SMARTS) is 1. The van der Waals surface area contributed by atoms with Gasteiger partial charge in [-0.2, -0.15) is 8.42 Å². The summed E-state index contributed by atoms with van der Waals surface area (Å²) >= 11 is 0. The van der Waals surface area contributed by atoms with Gasteiger partial charge < -0.3 is 5.11 Å². The number of rotatable bonds is 2. The normalized spacial score (nSPS) is 28.5. The van der Waals surface area contributed by atoms with E-state index in [-0.39, 0.29) is 24.7 Å². The van der Waals surface area contributed by atoms with Gasteiger partial charge in [0, 0.05) is 5.92 Å². The van der Waals surface area contributed by atoms with Crippen molar-refractivity contribution in [2.75, 3.05) is 12.4 Å². The van der Waals surface area contributed by atoms with Crippen LogP contribution in [0.3, 0.4) is 0 Å². The predicted octanol–water partition coefficient (Wildman–Crippen LogP) is -0.563. The molecule has 0 amide bonds. The number of hydrogen-bond donors (Lipinski definition) is 1. The fourth-order valence-corrected chi connectivity index (χ4v) is 2.24. The first-order valence-corrected chi connectivity index (χ1v) is 4.66. The summed E-state index contributed by atoms with van der Waals surface area (Å²) in [5.74, 6) is -1.53. The van der Waals surface area contributed by atoms with Gasteiger partial charge >= 0.3 is 5.97 Å². The molecule has 0 aromatic carbocycles. The SMILES string of the molecule is O=C(O)CC1COS(=O)(=O)C1. The molecular weight excluding hydrogens is 172 g/mol. The molecule has 1 aliphatic heterocycles. The van der Waals surface area contributed by atoms with Crippen LogP contribution in [0.25, 0.3) is 0 Å². The fourth-order valence-electron chi connectivity index (χ4n) is 0.950. The zero-order chi connectivity index (χ0) is 8.48. The third-order valence-electron chi connectivity index (χ3n) is 1.39.